The van der Waals surface area contributed by atoms with Crippen molar-refractivity contribution in [1.82, 2.24) is 19.9 Å². The molecule has 1 aromatic heterocycles. The Morgan fingerprint density at radius 1 is 1.12 bits per heavy atom. The van der Waals surface area contributed by atoms with E-state index in [2.05, 4.69) is 29.4 Å². The van der Waals surface area contributed by atoms with Crippen molar-refractivity contribution in [1.29, 1.82) is 0 Å². The topological polar surface area (TPSA) is 86.6 Å². The summed E-state index contributed by atoms with van der Waals surface area (Å²) in [6.45, 7) is 4.08. The number of hydrogen-bond acceptors (Lipinski definition) is 6. The summed E-state index contributed by atoms with van der Waals surface area (Å²) >= 11 is 0. The Balaban J connectivity index is 1.29. The lowest BCUT2D eigenvalue weighted by Crippen LogP contribution is -2.49. The van der Waals surface area contributed by atoms with Gasteiger partial charge in [-0.1, -0.05) is 30.2 Å². The highest BCUT2D eigenvalue weighted by molar-refractivity contribution is 5.78. The Kier molecular flexibility index (Phi) is 5.04. The molecule has 1 atom stereocenters. The van der Waals surface area contributed by atoms with Gasteiger partial charge < -0.3 is 14.4 Å². The average Bonchev–Trinajstić information content (AvgIpc) is 3.34. The number of aromatic nitrogens is 3. The van der Waals surface area contributed by atoms with Crippen LogP contribution in [0.3, 0.4) is 0 Å². The van der Waals surface area contributed by atoms with Gasteiger partial charge in [-0.2, -0.15) is 0 Å². The summed E-state index contributed by atoms with van der Waals surface area (Å²) in [6.07, 6.45) is 4.64. The van der Waals surface area contributed by atoms with Gasteiger partial charge >= 0.3 is 0 Å². The molecule has 0 radical (unpaired) electrons. The molecule has 0 saturated heterocycles. The van der Waals surface area contributed by atoms with Gasteiger partial charge in [-0.15, -0.1) is 5.10 Å². The van der Waals surface area contributed by atoms with Crippen LogP contribution in [0.25, 0.3) is 10.9 Å². The number of ether oxygens (including phenoxy) is 2. The number of hydrogen-bond donors (Lipinski definition) is 0. The summed E-state index contributed by atoms with van der Waals surface area (Å²) in [5.74, 6) is 1.61. The van der Waals surface area contributed by atoms with Crippen LogP contribution in [0.1, 0.15) is 56.2 Å². The third kappa shape index (κ3) is 3.35. The third-order valence-electron chi connectivity index (χ3n) is 7.72. The molecule has 6 rings (SSSR count). The van der Waals surface area contributed by atoms with Crippen LogP contribution >= 0.6 is 0 Å². The highest BCUT2D eigenvalue weighted by Crippen LogP contribution is 2.52. The molecule has 2 aromatic carbocycles. The van der Waals surface area contributed by atoms with Crippen molar-refractivity contribution in [3.8, 4) is 11.5 Å². The molecule has 3 aromatic rings. The van der Waals surface area contributed by atoms with Crippen molar-refractivity contribution in [2.24, 2.45) is 0 Å². The quantitative estimate of drug-likeness (QED) is 0.596. The number of benzene rings is 2. The van der Waals surface area contributed by atoms with Gasteiger partial charge in [0, 0.05) is 18.4 Å². The van der Waals surface area contributed by atoms with Crippen molar-refractivity contribution in [3.63, 3.8) is 0 Å². The van der Waals surface area contributed by atoms with E-state index in [0.29, 0.717) is 30.7 Å². The zero-order chi connectivity index (χ0) is 23.3. The summed E-state index contributed by atoms with van der Waals surface area (Å²) in [4.78, 5) is 28.3. The van der Waals surface area contributed by atoms with E-state index < -0.39 is 0 Å². The number of amides is 1. The largest absolute Gasteiger partial charge is 0.486 e. The van der Waals surface area contributed by atoms with E-state index >= 15 is 0 Å². The fourth-order valence-corrected chi connectivity index (χ4v) is 5.92. The van der Waals surface area contributed by atoms with Crippen molar-refractivity contribution >= 4 is 16.8 Å². The van der Waals surface area contributed by atoms with E-state index in [0.717, 1.165) is 42.7 Å². The molecule has 1 aliphatic carbocycles. The number of carbonyl (C=O) groups is 1. The molecule has 8 heteroatoms. The van der Waals surface area contributed by atoms with Crippen LogP contribution in [-0.4, -0.2) is 45.6 Å². The maximum absolute atomic E-state index is 13.5. The maximum Gasteiger partial charge on any atom is 0.277 e. The minimum atomic E-state index is -0.216. The van der Waals surface area contributed by atoms with E-state index in [1.807, 2.05) is 17.0 Å². The SMILES string of the molecule is CC1c2cc3c(cc2C2(CCCC2)CN1C(=O)CCn1nnc2ccccc2c1=O)OCCO3. The standard InChI is InChI=1S/C26H28N4O4/c1-17-19-14-22-23(34-13-12-33-22)15-20(19)26(9-4-5-10-26)16-29(17)24(31)8-11-30-25(32)18-6-2-3-7-21(18)27-28-30/h2-3,6-7,14-15,17H,4-5,8-13,16H2,1H3. The van der Waals surface area contributed by atoms with Gasteiger partial charge in [-0.05, 0) is 55.2 Å². The second-order valence-electron chi connectivity index (χ2n) is 9.65. The number of carbonyl (C=O) groups excluding carboxylic acids is 1. The van der Waals surface area contributed by atoms with Crippen LogP contribution in [0.15, 0.2) is 41.2 Å². The molecule has 2 aliphatic heterocycles. The predicted octanol–water partition coefficient (Wildman–Crippen LogP) is 3.37. The fraction of sp³-hybridized carbons (Fsp3) is 0.462. The predicted molar refractivity (Wildman–Crippen MR) is 126 cm³/mol. The first-order chi connectivity index (χ1) is 16.6. The summed E-state index contributed by atoms with van der Waals surface area (Å²) < 4.78 is 13.0. The molecule has 1 spiro atoms. The first-order valence-electron chi connectivity index (χ1n) is 12.1. The molecular weight excluding hydrogens is 432 g/mol. The van der Waals surface area contributed by atoms with Crippen LogP contribution in [0.2, 0.25) is 0 Å². The second kappa shape index (κ2) is 8.11. The molecule has 1 fully saturated rings. The zero-order valence-electron chi connectivity index (χ0n) is 19.3. The van der Waals surface area contributed by atoms with Crippen molar-refractivity contribution in [3.05, 3.63) is 57.9 Å². The van der Waals surface area contributed by atoms with Gasteiger partial charge in [-0.3, -0.25) is 9.59 Å². The first-order valence-corrected chi connectivity index (χ1v) is 12.1. The molecule has 1 unspecified atom stereocenters. The normalized spacial score (nSPS) is 20.5. The Morgan fingerprint density at radius 2 is 1.85 bits per heavy atom. The molecule has 3 aliphatic rings. The van der Waals surface area contributed by atoms with Crippen LogP contribution in [0.4, 0.5) is 0 Å². The Hall–Kier alpha value is -3.42. The Labute approximate surface area is 197 Å². The summed E-state index contributed by atoms with van der Waals surface area (Å²) in [6, 6.07) is 11.3. The minimum absolute atomic E-state index is 0.0289. The summed E-state index contributed by atoms with van der Waals surface area (Å²) in [5.41, 5.74) is 2.75. The van der Waals surface area contributed by atoms with E-state index in [1.165, 1.54) is 10.2 Å². The summed E-state index contributed by atoms with van der Waals surface area (Å²) in [7, 11) is 0. The van der Waals surface area contributed by atoms with Crippen LogP contribution < -0.4 is 15.0 Å². The molecule has 34 heavy (non-hydrogen) atoms. The molecule has 8 nitrogen and oxygen atoms in total. The lowest BCUT2D eigenvalue weighted by molar-refractivity contribution is -0.135. The smallest absolute Gasteiger partial charge is 0.277 e. The van der Waals surface area contributed by atoms with E-state index in [4.69, 9.17) is 9.47 Å². The molecule has 3 heterocycles. The molecule has 176 valence electrons. The van der Waals surface area contributed by atoms with Crippen LogP contribution in [0, 0.1) is 0 Å². The van der Waals surface area contributed by atoms with Gasteiger partial charge in [0.1, 0.15) is 18.7 Å². The fourth-order valence-electron chi connectivity index (χ4n) is 5.92. The molecular formula is C26H28N4O4. The highest BCUT2D eigenvalue weighted by atomic mass is 16.6. The molecule has 0 N–H and O–H groups in total. The minimum Gasteiger partial charge on any atom is -0.486 e. The van der Waals surface area contributed by atoms with Gasteiger partial charge in [-0.25, -0.2) is 4.68 Å². The van der Waals surface area contributed by atoms with Gasteiger partial charge in [0.25, 0.3) is 5.56 Å². The molecule has 0 bridgehead atoms. The lowest BCUT2D eigenvalue weighted by atomic mass is 9.71. The van der Waals surface area contributed by atoms with Gasteiger partial charge in [0.05, 0.1) is 18.0 Å². The Bertz CT molecular complexity index is 1330. The molecule has 1 saturated carbocycles. The van der Waals surface area contributed by atoms with Crippen molar-refractivity contribution in [2.45, 2.75) is 57.0 Å². The van der Waals surface area contributed by atoms with Crippen molar-refractivity contribution < 1.29 is 14.3 Å². The number of aryl methyl sites for hydroxylation is 1. The Morgan fingerprint density at radius 3 is 2.65 bits per heavy atom. The van der Waals surface area contributed by atoms with Crippen LogP contribution in [-0.2, 0) is 16.8 Å². The third-order valence-corrected chi connectivity index (χ3v) is 7.72. The van der Waals surface area contributed by atoms with E-state index in [1.54, 1.807) is 12.1 Å². The second-order valence-corrected chi connectivity index (χ2v) is 9.65. The molecule has 1 amide bonds. The van der Waals surface area contributed by atoms with Crippen LogP contribution in [0.5, 0.6) is 11.5 Å². The average molecular weight is 461 g/mol. The number of nitrogens with zero attached hydrogens (tertiary/aromatic N) is 4. The highest BCUT2D eigenvalue weighted by Gasteiger charge is 2.46. The number of fused-ring (bicyclic) bond motifs is 4. The van der Waals surface area contributed by atoms with E-state index in [-0.39, 0.29) is 35.9 Å². The van der Waals surface area contributed by atoms with Gasteiger partial charge in [0.2, 0.25) is 5.91 Å². The van der Waals surface area contributed by atoms with Crippen molar-refractivity contribution in [2.75, 3.05) is 19.8 Å². The number of rotatable bonds is 3. The summed E-state index contributed by atoms with van der Waals surface area (Å²) in [5, 5.41) is 8.70. The zero-order valence-corrected chi connectivity index (χ0v) is 19.3. The monoisotopic (exact) mass is 460 g/mol. The van der Waals surface area contributed by atoms with E-state index in [9.17, 15) is 9.59 Å². The first kappa shape index (κ1) is 21.1. The maximum atomic E-state index is 13.5. The lowest BCUT2D eigenvalue weighted by Gasteiger charge is -2.46. The van der Waals surface area contributed by atoms with Gasteiger partial charge in [0.15, 0.2) is 11.5 Å².